The van der Waals surface area contributed by atoms with Gasteiger partial charge in [-0.3, -0.25) is 0 Å². The molecule has 0 radical (unpaired) electrons. The van der Waals surface area contributed by atoms with Crippen LogP contribution in [0.1, 0.15) is 49.8 Å². The number of fused-ring (bicyclic) bond motifs is 3. The van der Waals surface area contributed by atoms with Gasteiger partial charge in [-0.15, -0.1) is 0 Å². The van der Waals surface area contributed by atoms with E-state index in [1.54, 1.807) is 0 Å². The molecule has 0 bridgehead atoms. The molecule has 1 aromatic heterocycles. The number of hydrogen-bond acceptors (Lipinski definition) is 3. The Hall–Kier alpha value is -6.11. The van der Waals surface area contributed by atoms with Crippen molar-refractivity contribution < 1.29 is 0 Å². The fraction of sp³-hybridized carbons (Fsp3) is 0.128. The summed E-state index contributed by atoms with van der Waals surface area (Å²) < 4.78 is 0. The van der Waals surface area contributed by atoms with E-state index in [1.165, 1.54) is 33.4 Å². The van der Waals surface area contributed by atoms with Crippen LogP contribution in [0, 0.1) is 11.3 Å². The molecule has 6 aromatic carbocycles. The summed E-state index contributed by atoms with van der Waals surface area (Å²) in [4.78, 5) is 10.0. The molecule has 0 spiro atoms. The topological polar surface area (TPSA) is 49.6 Å². The summed E-state index contributed by atoms with van der Waals surface area (Å²) in [6.45, 7) is 4.61. The van der Waals surface area contributed by atoms with Gasteiger partial charge < -0.3 is 0 Å². The molecule has 50 heavy (non-hydrogen) atoms. The SMILES string of the molecule is CCCCC1(C)c2cc(C#N)ccc2-c2c(-c3ccc(-c4cccc(-c5cc(-c6ccccc6)nc(-c6ccccc6)n5)c4)cc3)cccc21. The summed E-state index contributed by atoms with van der Waals surface area (Å²) >= 11 is 0. The van der Waals surface area contributed by atoms with E-state index in [-0.39, 0.29) is 5.41 Å². The average molecular weight is 644 g/mol. The average Bonchev–Trinajstić information content (AvgIpc) is 3.45. The van der Waals surface area contributed by atoms with Gasteiger partial charge >= 0.3 is 0 Å². The van der Waals surface area contributed by atoms with Crippen LogP contribution in [-0.4, -0.2) is 9.97 Å². The molecule has 3 heteroatoms. The Balaban J connectivity index is 1.17. The Morgan fingerprint density at radius 1 is 0.540 bits per heavy atom. The second-order valence-corrected chi connectivity index (χ2v) is 13.4. The van der Waals surface area contributed by atoms with Crippen LogP contribution < -0.4 is 0 Å². The van der Waals surface area contributed by atoms with Gasteiger partial charge in [0, 0.05) is 22.1 Å². The standard InChI is InChI=1S/C47H37N3/c1-3-4-27-47(2)41-20-12-19-39(45(41)40-26-21-32(31-48)28-42(40)47)34-24-22-33(23-25-34)37-17-11-18-38(29-37)44-30-43(35-13-7-5-8-14-35)49-46(50-44)36-15-9-6-10-16-36/h5-26,28-30H,3-4,27H2,1-2H3. The Labute approximate surface area is 294 Å². The van der Waals surface area contributed by atoms with Crippen LogP contribution in [0.2, 0.25) is 0 Å². The van der Waals surface area contributed by atoms with Gasteiger partial charge in [-0.1, -0.05) is 154 Å². The third-order valence-electron chi connectivity index (χ3n) is 10.2. The number of hydrogen-bond donors (Lipinski definition) is 0. The summed E-state index contributed by atoms with van der Waals surface area (Å²) in [7, 11) is 0. The van der Waals surface area contributed by atoms with Gasteiger partial charge in [-0.25, -0.2) is 9.97 Å². The maximum Gasteiger partial charge on any atom is 0.160 e. The molecule has 0 saturated heterocycles. The second-order valence-electron chi connectivity index (χ2n) is 13.4. The predicted octanol–water partition coefficient (Wildman–Crippen LogP) is 12.2. The van der Waals surface area contributed by atoms with Crippen molar-refractivity contribution in [3.63, 3.8) is 0 Å². The van der Waals surface area contributed by atoms with Crippen molar-refractivity contribution in [2.75, 3.05) is 0 Å². The van der Waals surface area contributed by atoms with E-state index in [9.17, 15) is 5.26 Å². The molecule has 1 aliphatic carbocycles. The minimum Gasteiger partial charge on any atom is -0.228 e. The molecular formula is C47H37N3. The molecule has 240 valence electrons. The molecule has 3 nitrogen and oxygen atoms in total. The minimum atomic E-state index is -0.119. The maximum atomic E-state index is 9.73. The zero-order valence-electron chi connectivity index (χ0n) is 28.4. The quantitative estimate of drug-likeness (QED) is 0.166. The van der Waals surface area contributed by atoms with Gasteiger partial charge in [0.05, 0.1) is 23.0 Å². The first kappa shape index (κ1) is 31.2. The molecule has 0 saturated carbocycles. The van der Waals surface area contributed by atoms with E-state index in [0.717, 1.165) is 64.0 Å². The molecule has 1 aliphatic rings. The number of nitriles is 1. The lowest BCUT2D eigenvalue weighted by Gasteiger charge is -2.27. The highest BCUT2D eigenvalue weighted by molar-refractivity contribution is 5.93. The molecule has 0 amide bonds. The van der Waals surface area contributed by atoms with E-state index in [0.29, 0.717) is 5.82 Å². The molecule has 7 aromatic rings. The number of benzene rings is 6. The highest BCUT2D eigenvalue weighted by Crippen LogP contribution is 2.54. The highest BCUT2D eigenvalue weighted by Gasteiger charge is 2.40. The molecule has 0 N–H and O–H groups in total. The van der Waals surface area contributed by atoms with Crippen molar-refractivity contribution in [1.82, 2.24) is 9.97 Å². The number of aromatic nitrogens is 2. The van der Waals surface area contributed by atoms with E-state index in [4.69, 9.17) is 9.97 Å². The summed E-state index contributed by atoms with van der Waals surface area (Å²) in [6.07, 6.45) is 3.34. The van der Waals surface area contributed by atoms with Gasteiger partial charge in [-0.05, 0) is 75.2 Å². The Bertz CT molecular complexity index is 2310. The molecule has 1 unspecified atom stereocenters. The van der Waals surface area contributed by atoms with E-state index in [1.807, 2.05) is 42.5 Å². The normalized spacial score (nSPS) is 14.5. The van der Waals surface area contributed by atoms with Crippen molar-refractivity contribution in [2.45, 2.75) is 38.5 Å². The Kier molecular flexibility index (Phi) is 8.15. The lowest BCUT2D eigenvalue weighted by Crippen LogP contribution is -2.20. The lowest BCUT2D eigenvalue weighted by atomic mass is 9.75. The Morgan fingerprint density at radius 3 is 1.90 bits per heavy atom. The third-order valence-corrected chi connectivity index (χ3v) is 10.2. The number of nitrogens with zero attached hydrogens (tertiary/aromatic N) is 3. The first-order valence-corrected chi connectivity index (χ1v) is 17.5. The maximum absolute atomic E-state index is 9.73. The summed E-state index contributed by atoms with van der Waals surface area (Å²) in [5.41, 5.74) is 15.4. The number of rotatable bonds is 8. The van der Waals surface area contributed by atoms with Crippen molar-refractivity contribution >= 4 is 0 Å². The van der Waals surface area contributed by atoms with Crippen LogP contribution in [0.25, 0.3) is 67.3 Å². The van der Waals surface area contributed by atoms with Crippen LogP contribution >= 0.6 is 0 Å². The van der Waals surface area contributed by atoms with Gasteiger partial charge in [0.25, 0.3) is 0 Å². The zero-order valence-corrected chi connectivity index (χ0v) is 28.4. The van der Waals surface area contributed by atoms with Crippen LogP contribution in [0.15, 0.2) is 152 Å². The highest BCUT2D eigenvalue weighted by atomic mass is 14.9. The van der Waals surface area contributed by atoms with E-state index >= 15 is 0 Å². The van der Waals surface area contributed by atoms with Gasteiger partial charge in [0.2, 0.25) is 0 Å². The van der Waals surface area contributed by atoms with Crippen molar-refractivity contribution in [1.29, 1.82) is 5.26 Å². The molecule has 1 atom stereocenters. The van der Waals surface area contributed by atoms with Crippen LogP contribution in [0.4, 0.5) is 0 Å². The van der Waals surface area contributed by atoms with E-state index in [2.05, 4.69) is 129 Å². The predicted molar refractivity (Wildman–Crippen MR) is 205 cm³/mol. The molecular weight excluding hydrogens is 607 g/mol. The number of unbranched alkanes of at least 4 members (excludes halogenated alkanes) is 1. The fourth-order valence-electron chi connectivity index (χ4n) is 7.54. The van der Waals surface area contributed by atoms with Crippen LogP contribution in [0.5, 0.6) is 0 Å². The lowest BCUT2D eigenvalue weighted by molar-refractivity contribution is 0.504. The third kappa shape index (κ3) is 5.59. The second kappa shape index (κ2) is 13.1. The van der Waals surface area contributed by atoms with Crippen molar-refractivity contribution in [3.05, 3.63) is 168 Å². The van der Waals surface area contributed by atoms with Crippen LogP contribution in [0.3, 0.4) is 0 Å². The van der Waals surface area contributed by atoms with E-state index < -0.39 is 0 Å². The van der Waals surface area contributed by atoms with Gasteiger partial charge in [-0.2, -0.15) is 5.26 Å². The smallest absolute Gasteiger partial charge is 0.160 e. The first-order valence-electron chi connectivity index (χ1n) is 17.5. The largest absolute Gasteiger partial charge is 0.228 e. The minimum absolute atomic E-state index is 0.119. The monoisotopic (exact) mass is 643 g/mol. The molecule has 8 rings (SSSR count). The summed E-state index contributed by atoms with van der Waals surface area (Å²) in [5, 5.41) is 9.73. The fourth-order valence-corrected chi connectivity index (χ4v) is 7.54. The molecule has 0 fully saturated rings. The zero-order chi connectivity index (χ0) is 34.1. The summed E-state index contributed by atoms with van der Waals surface area (Å²) in [6, 6.07) is 55.5. The first-order chi connectivity index (χ1) is 24.6. The van der Waals surface area contributed by atoms with Gasteiger partial charge in [0.15, 0.2) is 5.82 Å². The Morgan fingerprint density at radius 2 is 1.18 bits per heavy atom. The molecule has 0 aliphatic heterocycles. The van der Waals surface area contributed by atoms with Crippen LogP contribution in [-0.2, 0) is 5.41 Å². The van der Waals surface area contributed by atoms with Gasteiger partial charge in [0.1, 0.15) is 0 Å². The molecule has 1 heterocycles. The summed E-state index contributed by atoms with van der Waals surface area (Å²) in [5.74, 6) is 0.711. The van der Waals surface area contributed by atoms with Crippen molar-refractivity contribution in [3.8, 4) is 73.4 Å². The van der Waals surface area contributed by atoms with Crippen molar-refractivity contribution in [2.24, 2.45) is 0 Å².